The molecule has 1 unspecified atom stereocenters. The number of hydrogen-bond donors (Lipinski definition) is 2. The van der Waals surface area contributed by atoms with E-state index in [-0.39, 0.29) is 28.9 Å². The molecule has 1 aromatic carbocycles. The Morgan fingerprint density at radius 3 is 2.74 bits per heavy atom. The van der Waals surface area contributed by atoms with E-state index in [2.05, 4.69) is 5.32 Å². The van der Waals surface area contributed by atoms with Gasteiger partial charge in [-0.1, -0.05) is 12.5 Å². The summed E-state index contributed by atoms with van der Waals surface area (Å²) in [6.45, 7) is 1.95. The molecule has 1 aliphatic rings. The van der Waals surface area contributed by atoms with Gasteiger partial charge in [0.15, 0.2) is 0 Å². The lowest BCUT2D eigenvalue weighted by molar-refractivity contribution is -0.383. The zero-order chi connectivity index (χ0) is 14.0. The quantitative estimate of drug-likeness (QED) is 0.493. The first kappa shape index (κ1) is 13.3. The number of amides is 1. The monoisotopic (exact) mass is 263 g/mol. The molecule has 6 heteroatoms. The second-order valence-electron chi connectivity index (χ2n) is 4.95. The summed E-state index contributed by atoms with van der Waals surface area (Å²) in [4.78, 5) is 22.3. The molecule has 1 amide bonds. The van der Waals surface area contributed by atoms with Crippen molar-refractivity contribution >= 4 is 17.3 Å². The number of para-hydroxylation sites is 1. The van der Waals surface area contributed by atoms with Crippen molar-refractivity contribution in [2.24, 2.45) is 5.92 Å². The fourth-order valence-electron chi connectivity index (χ4n) is 2.25. The van der Waals surface area contributed by atoms with Crippen molar-refractivity contribution in [1.82, 2.24) is 5.32 Å². The molecule has 0 spiro atoms. The van der Waals surface area contributed by atoms with E-state index in [1.165, 1.54) is 24.6 Å². The zero-order valence-electron chi connectivity index (χ0n) is 10.8. The Balaban J connectivity index is 2.14. The normalized spacial score (nSPS) is 16.5. The highest BCUT2D eigenvalue weighted by molar-refractivity contribution is 6.01. The number of carbonyl (C=O) groups excluding carboxylic acids is 1. The van der Waals surface area contributed by atoms with Gasteiger partial charge in [0.2, 0.25) is 0 Å². The predicted molar refractivity (Wildman–Crippen MR) is 71.8 cm³/mol. The number of nitrogen functional groups attached to an aromatic ring is 1. The molecule has 1 saturated carbocycles. The van der Waals surface area contributed by atoms with Crippen LogP contribution in [0.5, 0.6) is 0 Å². The van der Waals surface area contributed by atoms with E-state index in [0.29, 0.717) is 5.92 Å². The minimum atomic E-state index is -0.582. The summed E-state index contributed by atoms with van der Waals surface area (Å²) in [5.74, 6) is 0.157. The van der Waals surface area contributed by atoms with Gasteiger partial charge in [-0.15, -0.1) is 0 Å². The third kappa shape index (κ3) is 2.67. The van der Waals surface area contributed by atoms with Gasteiger partial charge in [0, 0.05) is 12.1 Å². The van der Waals surface area contributed by atoms with Crippen molar-refractivity contribution in [3.63, 3.8) is 0 Å². The van der Waals surface area contributed by atoms with Crippen LogP contribution in [-0.2, 0) is 0 Å². The van der Waals surface area contributed by atoms with Crippen molar-refractivity contribution in [3.8, 4) is 0 Å². The summed E-state index contributed by atoms with van der Waals surface area (Å²) in [7, 11) is 0. The molecule has 0 radical (unpaired) electrons. The lowest BCUT2D eigenvalue weighted by Crippen LogP contribution is -2.40. The topological polar surface area (TPSA) is 98.3 Å². The minimum absolute atomic E-state index is 0.0694. The van der Waals surface area contributed by atoms with Gasteiger partial charge in [0.05, 0.1) is 10.5 Å². The molecular formula is C13H17N3O3. The summed E-state index contributed by atoms with van der Waals surface area (Å²) in [5.41, 5.74) is 5.54. The zero-order valence-corrected chi connectivity index (χ0v) is 10.8. The van der Waals surface area contributed by atoms with Gasteiger partial charge >= 0.3 is 0 Å². The third-order valence-corrected chi connectivity index (χ3v) is 3.74. The number of nitrogens with zero attached hydrogens (tertiary/aromatic N) is 1. The number of nitrogens with two attached hydrogens (primary N) is 1. The van der Waals surface area contributed by atoms with Gasteiger partial charge in [-0.2, -0.15) is 0 Å². The number of nitro benzene ring substituents is 1. The summed E-state index contributed by atoms with van der Waals surface area (Å²) >= 11 is 0. The number of carbonyl (C=O) groups is 1. The van der Waals surface area contributed by atoms with E-state index in [1.54, 1.807) is 0 Å². The second kappa shape index (κ2) is 5.26. The van der Waals surface area contributed by atoms with E-state index in [9.17, 15) is 14.9 Å². The van der Waals surface area contributed by atoms with Crippen LogP contribution >= 0.6 is 0 Å². The van der Waals surface area contributed by atoms with Crippen molar-refractivity contribution in [1.29, 1.82) is 0 Å². The summed E-state index contributed by atoms with van der Waals surface area (Å²) in [6.07, 6.45) is 3.43. The second-order valence-corrected chi connectivity index (χ2v) is 4.95. The molecule has 0 aromatic heterocycles. The number of anilines is 1. The van der Waals surface area contributed by atoms with Crippen LogP contribution < -0.4 is 11.1 Å². The molecule has 2 rings (SSSR count). The summed E-state index contributed by atoms with van der Waals surface area (Å²) in [5, 5.41) is 13.6. The van der Waals surface area contributed by atoms with Gasteiger partial charge < -0.3 is 11.1 Å². The molecule has 1 atom stereocenters. The van der Waals surface area contributed by atoms with Crippen molar-refractivity contribution in [2.75, 3.05) is 5.73 Å². The lowest BCUT2D eigenvalue weighted by atomic mass is 9.80. The van der Waals surface area contributed by atoms with E-state index < -0.39 is 4.92 Å². The van der Waals surface area contributed by atoms with Crippen LogP contribution in [0.2, 0.25) is 0 Å². The molecule has 1 fully saturated rings. The van der Waals surface area contributed by atoms with Crippen molar-refractivity contribution in [3.05, 3.63) is 33.9 Å². The number of benzene rings is 1. The largest absolute Gasteiger partial charge is 0.393 e. The summed E-state index contributed by atoms with van der Waals surface area (Å²) in [6, 6.07) is 4.34. The first-order chi connectivity index (χ1) is 9.00. The molecule has 102 valence electrons. The molecule has 6 nitrogen and oxygen atoms in total. The van der Waals surface area contributed by atoms with Crippen LogP contribution in [0, 0.1) is 16.0 Å². The molecule has 0 bridgehead atoms. The highest BCUT2D eigenvalue weighted by atomic mass is 16.6. The SMILES string of the molecule is CC(NC(=O)c1cccc([N+](=O)[O-])c1N)C1CCC1. The Kier molecular flexibility index (Phi) is 3.69. The summed E-state index contributed by atoms with van der Waals surface area (Å²) < 4.78 is 0. The van der Waals surface area contributed by atoms with Crippen molar-refractivity contribution < 1.29 is 9.72 Å². The molecule has 3 N–H and O–H groups in total. The molecular weight excluding hydrogens is 246 g/mol. The Bertz CT molecular complexity index is 512. The fraction of sp³-hybridized carbons (Fsp3) is 0.462. The van der Waals surface area contributed by atoms with Crippen LogP contribution in [-0.4, -0.2) is 16.9 Å². The van der Waals surface area contributed by atoms with Gasteiger partial charge in [0.1, 0.15) is 5.69 Å². The fourth-order valence-corrected chi connectivity index (χ4v) is 2.25. The van der Waals surface area contributed by atoms with Gasteiger partial charge in [-0.25, -0.2) is 0 Å². The Labute approximate surface area is 111 Å². The number of nitrogens with one attached hydrogen (secondary N) is 1. The third-order valence-electron chi connectivity index (χ3n) is 3.74. The van der Waals surface area contributed by atoms with Crippen LogP contribution in [0.25, 0.3) is 0 Å². The molecule has 0 saturated heterocycles. The minimum Gasteiger partial charge on any atom is -0.393 e. The van der Waals surface area contributed by atoms with Crippen molar-refractivity contribution in [2.45, 2.75) is 32.2 Å². The molecule has 0 aliphatic heterocycles. The maximum atomic E-state index is 12.1. The molecule has 0 heterocycles. The average Bonchev–Trinajstić information content (AvgIpc) is 2.25. The lowest BCUT2D eigenvalue weighted by Gasteiger charge is -2.31. The average molecular weight is 263 g/mol. The van der Waals surface area contributed by atoms with Gasteiger partial charge in [-0.3, -0.25) is 14.9 Å². The van der Waals surface area contributed by atoms with Crippen LogP contribution in [0.3, 0.4) is 0 Å². The van der Waals surface area contributed by atoms with Crippen LogP contribution in [0.15, 0.2) is 18.2 Å². The Morgan fingerprint density at radius 1 is 1.53 bits per heavy atom. The Hall–Kier alpha value is -2.11. The van der Waals surface area contributed by atoms with E-state index in [4.69, 9.17) is 5.73 Å². The number of hydrogen-bond acceptors (Lipinski definition) is 4. The molecule has 1 aliphatic carbocycles. The van der Waals surface area contributed by atoms with Gasteiger partial charge in [-0.05, 0) is 31.7 Å². The molecule has 1 aromatic rings. The highest BCUT2D eigenvalue weighted by Crippen LogP contribution is 2.30. The number of rotatable bonds is 4. The maximum Gasteiger partial charge on any atom is 0.292 e. The van der Waals surface area contributed by atoms with Crippen LogP contribution in [0.4, 0.5) is 11.4 Å². The first-order valence-corrected chi connectivity index (χ1v) is 6.34. The Morgan fingerprint density at radius 2 is 2.21 bits per heavy atom. The molecule has 19 heavy (non-hydrogen) atoms. The maximum absolute atomic E-state index is 12.1. The predicted octanol–water partition coefficient (Wildman–Crippen LogP) is 2.10. The standard InChI is InChI=1S/C13H17N3O3/c1-8(9-4-2-5-9)15-13(17)10-6-3-7-11(12(10)14)16(18)19/h3,6-9H,2,4-5,14H2,1H3,(H,15,17). The van der Waals surface area contributed by atoms with E-state index in [0.717, 1.165) is 12.8 Å². The highest BCUT2D eigenvalue weighted by Gasteiger charge is 2.26. The number of nitro groups is 1. The first-order valence-electron chi connectivity index (χ1n) is 6.34. The van der Waals surface area contributed by atoms with E-state index >= 15 is 0 Å². The van der Waals surface area contributed by atoms with Gasteiger partial charge in [0.25, 0.3) is 11.6 Å². The van der Waals surface area contributed by atoms with E-state index in [1.807, 2.05) is 6.92 Å². The van der Waals surface area contributed by atoms with Crippen LogP contribution in [0.1, 0.15) is 36.5 Å². The smallest absolute Gasteiger partial charge is 0.292 e.